The summed E-state index contributed by atoms with van der Waals surface area (Å²) < 4.78 is 0. The molecular formula is C17H36. The van der Waals surface area contributed by atoms with Gasteiger partial charge in [-0.15, -0.1) is 0 Å². The van der Waals surface area contributed by atoms with E-state index in [0.717, 1.165) is 17.8 Å². The Balaban J connectivity index is 5.04. The quantitative estimate of drug-likeness (QED) is 0.443. The molecule has 0 N–H and O–H groups in total. The summed E-state index contributed by atoms with van der Waals surface area (Å²) in [6.07, 6.45) is 8.12. The summed E-state index contributed by atoms with van der Waals surface area (Å²) in [5.41, 5.74) is 0.551. The van der Waals surface area contributed by atoms with E-state index in [1.165, 1.54) is 38.5 Å². The highest BCUT2D eigenvalue weighted by atomic mass is 14.4. The molecule has 0 aliphatic carbocycles. The minimum Gasteiger partial charge on any atom is -0.0654 e. The molecule has 0 saturated heterocycles. The maximum absolute atomic E-state index is 2.57. The Morgan fingerprint density at radius 2 is 1.47 bits per heavy atom. The van der Waals surface area contributed by atoms with Crippen molar-refractivity contribution in [2.45, 2.75) is 87.0 Å². The first-order valence-electron chi connectivity index (χ1n) is 8.01. The van der Waals surface area contributed by atoms with Crippen molar-refractivity contribution in [1.82, 2.24) is 0 Å². The molecule has 0 amide bonds. The maximum atomic E-state index is 2.57. The number of hydrogen-bond acceptors (Lipinski definition) is 0. The monoisotopic (exact) mass is 240 g/mol. The first kappa shape index (κ1) is 17.0. The first-order chi connectivity index (χ1) is 8.01. The van der Waals surface area contributed by atoms with Crippen LogP contribution in [-0.4, -0.2) is 0 Å². The summed E-state index contributed by atoms with van der Waals surface area (Å²) in [7, 11) is 0. The molecule has 104 valence electrons. The van der Waals surface area contributed by atoms with E-state index < -0.39 is 0 Å². The molecule has 0 rings (SSSR count). The van der Waals surface area contributed by atoms with Crippen molar-refractivity contribution in [3.63, 3.8) is 0 Å². The molecule has 0 aliphatic heterocycles. The minimum absolute atomic E-state index is 0.551. The third kappa shape index (κ3) is 4.00. The summed E-state index contributed by atoms with van der Waals surface area (Å²) in [6, 6.07) is 0. The predicted molar refractivity (Wildman–Crippen MR) is 80.3 cm³/mol. The summed E-state index contributed by atoms with van der Waals surface area (Å²) in [5, 5.41) is 0. The van der Waals surface area contributed by atoms with Crippen LogP contribution in [0, 0.1) is 23.2 Å². The van der Waals surface area contributed by atoms with Crippen LogP contribution in [-0.2, 0) is 0 Å². The first-order valence-corrected chi connectivity index (χ1v) is 8.01. The zero-order valence-electron chi connectivity index (χ0n) is 13.5. The molecule has 0 nitrogen and oxygen atoms in total. The zero-order valence-corrected chi connectivity index (χ0v) is 13.5. The van der Waals surface area contributed by atoms with Gasteiger partial charge >= 0.3 is 0 Å². The minimum atomic E-state index is 0.551. The molecule has 0 aliphatic rings. The third-order valence-electron chi connectivity index (χ3n) is 5.44. The Morgan fingerprint density at radius 1 is 0.882 bits per heavy atom. The number of hydrogen-bond donors (Lipinski definition) is 0. The normalized spacial score (nSPS) is 20.6. The van der Waals surface area contributed by atoms with Crippen LogP contribution in [0.1, 0.15) is 87.0 Å². The van der Waals surface area contributed by atoms with E-state index in [2.05, 4.69) is 48.5 Å². The van der Waals surface area contributed by atoms with Crippen molar-refractivity contribution < 1.29 is 0 Å². The van der Waals surface area contributed by atoms with Crippen molar-refractivity contribution in [3.8, 4) is 0 Å². The van der Waals surface area contributed by atoms with Gasteiger partial charge in [-0.2, -0.15) is 0 Å². The van der Waals surface area contributed by atoms with E-state index >= 15 is 0 Å². The van der Waals surface area contributed by atoms with Gasteiger partial charge in [0.2, 0.25) is 0 Å². The highest BCUT2D eigenvalue weighted by Crippen LogP contribution is 2.48. The van der Waals surface area contributed by atoms with Gasteiger partial charge in [-0.1, -0.05) is 87.0 Å². The largest absolute Gasteiger partial charge is 0.0654 e. The topological polar surface area (TPSA) is 0 Å². The van der Waals surface area contributed by atoms with E-state index in [1.54, 1.807) is 0 Å². The van der Waals surface area contributed by atoms with Crippen LogP contribution in [0.4, 0.5) is 0 Å². The number of rotatable bonds is 9. The Labute approximate surface area is 111 Å². The zero-order chi connectivity index (χ0) is 13.5. The van der Waals surface area contributed by atoms with E-state index in [0.29, 0.717) is 5.41 Å². The molecule has 0 aromatic carbocycles. The third-order valence-corrected chi connectivity index (χ3v) is 5.44. The average molecular weight is 240 g/mol. The molecule has 17 heavy (non-hydrogen) atoms. The summed E-state index contributed by atoms with van der Waals surface area (Å²) in [5.74, 6) is 2.68. The lowest BCUT2D eigenvalue weighted by Crippen LogP contribution is -2.38. The summed E-state index contributed by atoms with van der Waals surface area (Å²) in [6.45, 7) is 16.9. The van der Waals surface area contributed by atoms with Crippen LogP contribution < -0.4 is 0 Å². The van der Waals surface area contributed by atoms with Gasteiger partial charge in [-0.05, 0) is 23.2 Å². The van der Waals surface area contributed by atoms with E-state index in [1.807, 2.05) is 0 Å². The van der Waals surface area contributed by atoms with Gasteiger partial charge in [0.25, 0.3) is 0 Å². The SMILES string of the molecule is CCCC(CC)C(C)(CC)C(CC)C(C)CC. The van der Waals surface area contributed by atoms with E-state index in [-0.39, 0.29) is 0 Å². The van der Waals surface area contributed by atoms with Gasteiger partial charge in [0.15, 0.2) is 0 Å². The summed E-state index contributed by atoms with van der Waals surface area (Å²) >= 11 is 0. The smallest absolute Gasteiger partial charge is 0.0270 e. The Hall–Kier alpha value is 0. The molecule has 0 aromatic heterocycles. The molecule has 0 radical (unpaired) electrons. The fourth-order valence-corrected chi connectivity index (χ4v) is 4.01. The molecule has 0 aromatic rings. The van der Waals surface area contributed by atoms with E-state index in [9.17, 15) is 0 Å². The average Bonchev–Trinajstić information content (AvgIpc) is 2.35. The Bertz CT molecular complexity index is 184. The second-order valence-electron chi connectivity index (χ2n) is 6.15. The predicted octanol–water partition coefficient (Wildman–Crippen LogP) is 6.30. The fourth-order valence-electron chi connectivity index (χ4n) is 4.01. The molecule has 4 unspecified atom stereocenters. The molecular weight excluding hydrogens is 204 g/mol. The van der Waals surface area contributed by atoms with Gasteiger partial charge in [-0.25, -0.2) is 0 Å². The van der Waals surface area contributed by atoms with E-state index in [4.69, 9.17) is 0 Å². The van der Waals surface area contributed by atoms with Crippen LogP contribution in [0.3, 0.4) is 0 Å². The van der Waals surface area contributed by atoms with Gasteiger partial charge < -0.3 is 0 Å². The van der Waals surface area contributed by atoms with Crippen LogP contribution in [0.5, 0.6) is 0 Å². The van der Waals surface area contributed by atoms with Gasteiger partial charge in [0, 0.05) is 0 Å². The second kappa shape index (κ2) is 8.16. The van der Waals surface area contributed by atoms with Gasteiger partial charge in [0.1, 0.15) is 0 Å². The molecule has 0 heterocycles. The van der Waals surface area contributed by atoms with Gasteiger partial charge in [-0.3, -0.25) is 0 Å². The standard InChI is InChI=1S/C17H36/c1-8-13-15(10-3)17(7,12-5)16(11-4)14(6)9-2/h14-16H,8-13H2,1-7H3. The lowest BCUT2D eigenvalue weighted by Gasteiger charge is -2.46. The van der Waals surface area contributed by atoms with Crippen molar-refractivity contribution in [1.29, 1.82) is 0 Å². The lowest BCUT2D eigenvalue weighted by molar-refractivity contribution is 0.0360. The van der Waals surface area contributed by atoms with Gasteiger partial charge in [0.05, 0.1) is 0 Å². The van der Waals surface area contributed by atoms with Crippen molar-refractivity contribution in [3.05, 3.63) is 0 Å². The van der Waals surface area contributed by atoms with Crippen molar-refractivity contribution >= 4 is 0 Å². The molecule has 0 heteroatoms. The molecule has 0 bridgehead atoms. The lowest BCUT2D eigenvalue weighted by atomic mass is 9.59. The van der Waals surface area contributed by atoms with Crippen LogP contribution in [0.25, 0.3) is 0 Å². The highest BCUT2D eigenvalue weighted by Gasteiger charge is 2.39. The molecule has 0 spiro atoms. The van der Waals surface area contributed by atoms with Crippen LogP contribution in [0.15, 0.2) is 0 Å². The molecule has 0 saturated carbocycles. The van der Waals surface area contributed by atoms with Crippen LogP contribution >= 0.6 is 0 Å². The molecule has 0 fully saturated rings. The summed E-state index contributed by atoms with van der Waals surface area (Å²) in [4.78, 5) is 0. The highest BCUT2D eigenvalue weighted by molar-refractivity contribution is 4.88. The van der Waals surface area contributed by atoms with Crippen molar-refractivity contribution in [2.75, 3.05) is 0 Å². The van der Waals surface area contributed by atoms with Crippen molar-refractivity contribution in [2.24, 2.45) is 23.2 Å². The van der Waals surface area contributed by atoms with Crippen LogP contribution in [0.2, 0.25) is 0 Å². The second-order valence-corrected chi connectivity index (χ2v) is 6.15. The Morgan fingerprint density at radius 3 is 1.76 bits per heavy atom. The molecule has 4 atom stereocenters. The maximum Gasteiger partial charge on any atom is -0.0270 e. The Kier molecular flexibility index (Phi) is 8.16. The fraction of sp³-hybridized carbons (Fsp3) is 1.00.